The molecule has 1 aromatic carbocycles. The number of nitrogens with zero attached hydrogens (tertiary/aromatic N) is 2. The van der Waals surface area contributed by atoms with Gasteiger partial charge in [0.15, 0.2) is 10.9 Å². The molecule has 0 amide bonds. The van der Waals surface area contributed by atoms with E-state index in [1.165, 1.54) is 37.1 Å². The van der Waals surface area contributed by atoms with Crippen LogP contribution in [0.5, 0.6) is 5.75 Å². The van der Waals surface area contributed by atoms with E-state index < -0.39 is 5.82 Å². The zero-order valence-corrected chi connectivity index (χ0v) is 11.0. The minimum absolute atomic E-state index is 0.129. The van der Waals surface area contributed by atoms with E-state index in [1.54, 1.807) is 18.5 Å². The average molecular weight is 278 g/mol. The Morgan fingerprint density at radius 1 is 1.37 bits per heavy atom. The minimum Gasteiger partial charge on any atom is -0.496 e. The Kier molecular flexibility index (Phi) is 4.46. The summed E-state index contributed by atoms with van der Waals surface area (Å²) >= 11 is 1.20. The third-order valence-corrected chi connectivity index (χ3v) is 3.21. The van der Waals surface area contributed by atoms with Gasteiger partial charge >= 0.3 is 0 Å². The van der Waals surface area contributed by atoms with Crippen LogP contribution in [0.25, 0.3) is 0 Å². The van der Waals surface area contributed by atoms with E-state index in [1.807, 2.05) is 0 Å². The van der Waals surface area contributed by atoms with Gasteiger partial charge in [-0.25, -0.2) is 14.4 Å². The van der Waals surface area contributed by atoms with E-state index in [4.69, 9.17) is 4.74 Å². The van der Waals surface area contributed by atoms with Gasteiger partial charge in [0, 0.05) is 12.4 Å². The molecule has 2 rings (SSSR count). The summed E-state index contributed by atoms with van der Waals surface area (Å²) in [5.74, 6) is -0.205. The first-order valence-corrected chi connectivity index (χ1v) is 6.46. The lowest BCUT2D eigenvalue weighted by Crippen LogP contribution is -2.06. The largest absolute Gasteiger partial charge is 0.496 e. The van der Waals surface area contributed by atoms with E-state index in [0.29, 0.717) is 10.9 Å². The molecule has 0 spiro atoms. The van der Waals surface area contributed by atoms with Crippen LogP contribution in [0.1, 0.15) is 10.4 Å². The van der Waals surface area contributed by atoms with Crippen LogP contribution in [0.4, 0.5) is 4.39 Å². The van der Waals surface area contributed by atoms with Crippen molar-refractivity contribution < 1.29 is 13.9 Å². The molecule has 0 aliphatic heterocycles. The van der Waals surface area contributed by atoms with Crippen LogP contribution in [0.2, 0.25) is 0 Å². The number of benzene rings is 1. The van der Waals surface area contributed by atoms with Crippen LogP contribution in [0.15, 0.2) is 41.8 Å². The molecule has 0 atom stereocenters. The molecule has 2 aromatic rings. The summed E-state index contributed by atoms with van der Waals surface area (Å²) < 4.78 is 18.2. The molecule has 1 aromatic heterocycles. The first-order valence-electron chi connectivity index (χ1n) is 5.47. The predicted octanol–water partition coefficient (Wildman–Crippen LogP) is 2.60. The second-order valence-corrected chi connectivity index (χ2v) is 4.53. The summed E-state index contributed by atoms with van der Waals surface area (Å²) in [5.41, 5.74) is 0.228. The number of carbonyl (C=O) groups is 1. The maximum atomic E-state index is 13.2. The summed E-state index contributed by atoms with van der Waals surface area (Å²) in [6.45, 7) is 0. The fraction of sp³-hybridized carbons (Fsp3) is 0.154. The molecular formula is C13H11FN2O2S. The van der Waals surface area contributed by atoms with Crippen molar-refractivity contribution in [1.29, 1.82) is 0 Å². The van der Waals surface area contributed by atoms with Crippen molar-refractivity contribution in [1.82, 2.24) is 9.97 Å². The third kappa shape index (κ3) is 3.51. The number of halogens is 1. The summed E-state index contributed by atoms with van der Waals surface area (Å²) in [5, 5.41) is 0.506. The molecule has 0 fully saturated rings. The van der Waals surface area contributed by atoms with Crippen molar-refractivity contribution in [3.8, 4) is 5.75 Å². The maximum absolute atomic E-state index is 13.2. The van der Waals surface area contributed by atoms with Gasteiger partial charge in [-0.1, -0.05) is 11.8 Å². The Morgan fingerprint density at radius 3 is 2.79 bits per heavy atom. The molecule has 6 heteroatoms. The summed E-state index contributed by atoms with van der Waals surface area (Å²) in [7, 11) is 1.44. The summed E-state index contributed by atoms with van der Waals surface area (Å²) in [4.78, 5) is 20.0. The molecule has 0 radical (unpaired) electrons. The molecular weight excluding hydrogens is 267 g/mol. The normalized spacial score (nSPS) is 10.2. The van der Waals surface area contributed by atoms with Gasteiger partial charge < -0.3 is 4.74 Å². The SMILES string of the molecule is COc1ccc(F)cc1C(=O)CSc1ncccn1. The van der Waals surface area contributed by atoms with E-state index in [9.17, 15) is 9.18 Å². The van der Waals surface area contributed by atoms with Crippen LogP contribution in [-0.4, -0.2) is 28.6 Å². The number of hydrogen-bond acceptors (Lipinski definition) is 5. The second kappa shape index (κ2) is 6.29. The monoisotopic (exact) mass is 278 g/mol. The number of methoxy groups -OCH3 is 1. The highest BCUT2D eigenvalue weighted by Gasteiger charge is 2.14. The molecule has 0 N–H and O–H groups in total. The Hall–Kier alpha value is -1.95. The molecule has 0 bridgehead atoms. The van der Waals surface area contributed by atoms with Gasteiger partial charge in [-0.2, -0.15) is 0 Å². The van der Waals surface area contributed by atoms with Crippen LogP contribution >= 0.6 is 11.8 Å². The van der Waals surface area contributed by atoms with Crippen molar-refractivity contribution >= 4 is 17.5 Å². The number of hydrogen-bond donors (Lipinski definition) is 0. The Balaban J connectivity index is 2.10. The van der Waals surface area contributed by atoms with Crippen molar-refractivity contribution in [3.63, 3.8) is 0 Å². The van der Waals surface area contributed by atoms with Crippen LogP contribution < -0.4 is 4.74 Å². The molecule has 0 aliphatic carbocycles. The van der Waals surface area contributed by atoms with Crippen molar-refractivity contribution in [2.75, 3.05) is 12.9 Å². The highest BCUT2D eigenvalue weighted by Crippen LogP contribution is 2.22. The lowest BCUT2D eigenvalue weighted by molar-refractivity contribution is 0.101. The highest BCUT2D eigenvalue weighted by molar-refractivity contribution is 7.99. The van der Waals surface area contributed by atoms with E-state index in [-0.39, 0.29) is 17.1 Å². The van der Waals surface area contributed by atoms with Crippen molar-refractivity contribution in [3.05, 3.63) is 48.0 Å². The molecule has 0 saturated heterocycles. The molecule has 19 heavy (non-hydrogen) atoms. The van der Waals surface area contributed by atoms with E-state index in [2.05, 4.69) is 9.97 Å². The molecule has 1 heterocycles. The lowest BCUT2D eigenvalue weighted by Gasteiger charge is -2.07. The first kappa shape index (κ1) is 13.5. The molecule has 4 nitrogen and oxygen atoms in total. The van der Waals surface area contributed by atoms with Crippen molar-refractivity contribution in [2.24, 2.45) is 0 Å². The lowest BCUT2D eigenvalue weighted by atomic mass is 10.1. The molecule has 0 unspecified atom stereocenters. The summed E-state index contributed by atoms with van der Waals surface area (Å²) in [6, 6.07) is 5.56. The van der Waals surface area contributed by atoms with Gasteiger partial charge in [-0.05, 0) is 24.3 Å². The van der Waals surface area contributed by atoms with Crippen LogP contribution in [0.3, 0.4) is 0 Å². The van der Waals surface area contributed by atoms with Gasteiger partial charge in [0.1, 0.15) is 11.6 Å². The Morgan fingerprint density at radius 2 is 2.11 bits per heavy atom. The quantitative estimate of drug-likeness (QED) is 0.478. The maximum Gasteiger partial charge on any atom is 0.187 e. The van der Waals surface area contributed by atoms with Crippen molar-refractivity contribution in [2.45, 2.75) is 5.16 Å². The zero-order valence-electron chi connectivity index (χ0n) is 10.2. The average Bonchev–Trinajstić information content (AvgIpc) is 2.46. The second-order valence-electron chi connectivity index (χ2n) is 3.59. The Labute approximate surface area is 114 Å². The molecule has 98 valence electrons. The molecule has 0 saturated carbocycles. The number of ketones is 1. The number of Topliss-reactive ketones (excluding diaryl/α,β-unsaturated/α-hetero) is 1. The zero-order chi connectivity index (χ0) is 13.7. The number of carbonyl (C=O) groups excluding carboxylic acids is 1. The summed E-state index contributed by atoms with van der Waals surface area (Å²) in [6.07, 6.45) is 3.20. The van der Waals surface area contributed by atoms with Crippen LogP contribution in [-0.2, 0) is 0 Å². The van der Waals surface area contributed by atoms with Gasteiger partial charge in [-0.3, -0.25) is 4.79 Å². The van der Waals surface area contributed by atoms with Gasteiger partial charge in [0.2, 0.25) is 0 Å². The fourth-order valence-corrected chi connectivity index (χ4v) is 2.15. The first-order chi connectivity index (χ1) is 9.20. The molecule has 0 aliphatic rings. The van der Waals surface area contributed by atoms with Crippen LogP contribution in [0, 0.1) is 5.82 Å². The minimum atomic E-state index is -0.467. The van der Waals surface area contributed by atoms with E-state index >= 15 is 0 Å². The standard InChI is InChI=1S/C13H11FN2O2S/c1-18-12-4-3-9(14)7-10(12)11(17)8-19-13-15-5-2-6-16-13/h2-7H,8H2,1H3. The third-order valence-electron chi connectivity index (χ3n) is 2.34. The van der Waals surface area contributed by atoms with Gasteiger partial charge in [0.05, 0.1) is 18.4 Å². The number of aromatic nitrogens is 2. The fourth-order valence-electron chi connectivity index (χ4n) is 1.47. The highest BCUT2D eigenvalue weighted by atomic mass is 32.2. The predicted molar refractivity (Wildman–Crippen MR) is 70.0 cm³/mol. The van der Waals surface area contributed by atoms with E-state index in [0.717, 1.165) is 0 Å². The van der Waals surface area contributed by atoms with Gasteiger partial charge in [-0.15, -0.1) is 0 Å². The smallest absolute Gasteiger partial charge is 0.187 e. The Bertz CT molecular complexity index is 578. The topological polar surface area (TPSA) is 52.1 Å². The number of thioether (sulfide) groups is 1. The number of ether oxygens (including phenoxy) is 1. The van der Waals surface area contributed by atoms with Gasteiger partial charge in [0.25, 0.3) is 0 Å². The number of rotatable bonds is 5.